The third kappa shape index (κ3) is 1.89. The zero-order valence-electron chi connectivity index (χ0n) is 13.7. The molecule has 0 bridgehead atoms. The summed E-state index contributed by atoms with van der Waals surface area (Å²) in [4.78, 5) is 0. The van der Waals surface area contributed by atoms with Crippen LogP contribution in [0.3, 0.4) is 0 Å². The molecular weight excluding hydrogens is 232 g/mol. The monoisotopic (exact) mass is 260 g/mol. The van der Waals surface area contributed by atoms with Crippen molar-refractivity contribution in [3.8, 4) is 5.75 Å². The lowest BCUT2D eigenvalue weighted by molar-refractivity contribution is 0.264. The standard InChI is InChI=1S/C18H28O/c1-11-17(5,6)12-9-14(16(2,3)4)15(19)10-13(12)18(11,7)8/h9-11,19H,1-8H3. The molecule has 1 aromatic carbocycles. The molecule has 0 amide bonds. The minimum Gasteiger partial charge on any atom is -0.508 e. The van der Waals surface area contributed by atoms with Crippen LogP contribution >= 0.6 is 0 Å². The van der Waals surface area contributed by atoms with Crippen molar-refractivity contribution < 1.29 is 5.11 Å². The molecule has 1 heteroatoms. The molecule has 1 N–H and O–H groups in total. The normalized spacial score (nSPS) is 24.3. The Hall–Kier alpha value is -0.980. The Kier molecular flexibility index (Phi) is 2.87. The van der Waals surface area contributed by atoms with Crippen molar-refractivity contribution in [3.63, 3.8) is 0 Å². The maximum Gasteiger partial charge on any atom is 0.119 e. The quantitative estimate of drug-likeness (QED) is 0.704. The van der Waals surface area contributed by atoms with Gasteiger partial charge in [-0.05, 0) is 44.9 Å². The predicted molar refractivity (Wildman–Crippen MR) is 82.0 cm³/mol. The van der Waals surface area contributed by atoms with Crippen LogP contribution in [0.25, 0.3) is 0 Å². The van der Waals surface area contributed by atoms with Gasteiger partial charge in [-0.1, -0.05) is 61.5 Å². The van der Waals surface area contributed by atoms with Crippen LogP contribution in [0.15, 0.2) is 12.1 Å². The van der Waals surface area contributed by atoms with Crippen LogP contribution in [0.2, 0.25) is 0 Å². The van der Waals surface area contributed by atoms with Crippen molar-refractivity contribution in [2.45, 2.75) is 71.6 Å². The van der Waals surface area contributed by atoms with E-state index in [9.17, 15) is 5.11 Å². The van der Waals surface area contributed by atoms with Crippen molar-refractivity contribution in [2.24, 2.45) is 5.92 Å². The minimum atomic E-state index is -0.0227. The van der Waals surface area contributed by atoms with E-state index in [0.717, 1.165) is 5.56 Å². The van der Waals surface area contributed by atoms with Gasteiger partial charge in [-0.15, -0.1) is 0 Å². The summed E-state index contributed by atoms with van der Waals surface area (Å²) in [7, 11) is 0. The van der Waals surface area contributed by atoms with Crippen LogP contribution in [-0.4, -0.2) is 5.11 Å². The van der Waals surface area contributed by atoms with Crippen LogP contribution in [0.1, 0.15) is 72.1 Å². The summed E-state index contributed by atoms with van der Waals surface area (Å²) in [5.41, 5.74) is 4.04. The second-order valence-corrected chi connectivity index (χ2v) is 8.33. The Morgan fingerprint density at radius 2 is 1.37 bits per heavy atom. The van der Waals surface area contributed by atoms with Gasteiger partial charge in [-0.25, -0.2) is 0 Å². The van der Waals surface area contributed by atoms with Gasteiger partial charge in [-0.2, -0.15) is 0 Å². The van der Waals surface area contributed by atoms with Crippen LogP contribution in [0.5, 0.6) is 5.75 Å². The summed E-state index contributed by atoms with van der Waals surface area (Å²) in [5.74, 6) is 1.01. The molecule has 1 aliphatic carbocycles. The molecule has 1 nitrogen and oxygen atoms in total. The Balaban J connectivity index is 2.75. The van der Waals surface area contributed by atoms with Gasteiger partial charge in [0.1, 0.15) is 5.75 Å². The maximum absolute atomic E-state index is 10.4. The highest BCUT2D eigenvalue weighted by atomic mass is 16.3. The molecule has 1 atom stereocenters. The van der Waals surface area contributed by atoms with Gasteiger partial charge in [0.15, 0.2) is 0 Å². The second-order valence-electron chi connectivity index (χ2n) is 8.33. The summed E-state index contributed by atoms with van der Waals surface area (Å²) < 4.78 is 0. The van der Waals surface area contributed by atoms with Crippen LogP contribution < -0.4 is 0 Å². The van der Waals surface area contributed by atoms with E-state index in [1.165, 1.54) is 11.1 Å². The Morgan fingerprint density at radius 1 is 0.947 bits per heavy atom. The number of phenolic OH excluding ortho intramolecular Hbond substituents is 1. The van der Waals surface area contributed by atoms with E-state index in [2.05, 4.69) is 61.5 Å². The van der Waals surface area contributed by atoms with E-state index in [0.29, 0.717) is 11.7 Å². The average molecular weight is 260 g/mol. The van der Waals surface area contributed by atoms with Gasteiger partial charge < -0.3 is 5.11 Å². The first-order chi connectivity index (χ1) is 8.40. The highest BCUT2D eigenvalue weighted by Gasteiger charge is 2.49. The maximum atomic E-state index is 10.4. The van der Waals surface area contributed by atoms with E-state index in [1.807, 2.05) is 6.07 Å². The van der Waals surface area contributed by atoms with Crippen molar-refractivity contribution in [3.05, 3.63) is 28.8 Å². The number of hydrogen-bond acceptors (Lipinski definition) is 1. The lowest BCUT2D eigenvalue weighted by atomic mass is 9.71. The zero-order chi connectivity index (χ0) is 14.8. The number of rotatable bonds is 0. The second kappa shape index (κ2) is 3.77. The van der Waals surface area contributed by atoms with Gasteiger partial charge in [0.2, 0.25) is 0 Å². The smallest absolute Gasteiger partial charge is 0.119 e. The summed E-state index contributed by atoms with van der Waals surface area (Å²) in [6, 6.07) is 4.26. The number of aromatic hydroxyl groups is 1. The van der Waals surface area contributed by atoms with Crippen molar-refractivity contribution in [1.29, 1.82) is 0 Å². The third-order valence-electron chi connectivity index (χ3n) is 5.50. The predicted octanol–water partition coefficient (Wildman–Crippen LogP) is 4.89. The lowest BCUT2D eigenvalue weighted by Gasteiger charge is -2.32. The fourth-order valence-corrected chi connectivity index (χ4v) is 3.62. The molecule has 0 radical (unpaired) electrons. The molecule has 19 heavy (non-hydrogen) atoms. The highest BCUT2D eigenvalue weighted by Crippen LogP contribution is 2.55. The number of benzene rings is 1. The third-order valence-corrected chi connectivity index (χ3v) is 5.50. The molecule has 0 saturated heterocycles. The summed E-state index contributed by atoms with van der Waals surface area (Å²) >= 11 is 0. The largest absolute Gasteiger partial charge is 0.508 e. The van der Waals surface area contributed by atoms with Gasteiger partial charge in [0, 0.05) is 0 Å². The minimum absolute atomic E-state index is 0.0227. The molecule has 1 aromatic rings. The molecule has 1 aliphatic rings. The molecule has 0 spiro atoms. The highest BCUT2D eigenvalue weighted by molar-refractivity contribution is 5.54. The van der Waals surface area contributed by atoms with Crippen molar-refractivity contribution in [2.75, 3.05) is 0 Å². The summed E-state index contributed by atoms with van der Waals surface area (Å²) in [5, 5.41) is 10.4. The van der Waals surface area contributed by atoms with Gasteiger partial charge in [-0.3, -0.25) is 0 Å². The molecule has 0 aromatic heterocycles. The van der Waals surface area contributed by atoms with E-state index in [1.54, 1.807) is 0 Å². The van der Waals surface area contributed by atoms with Gasteiger partial charge in [0.25, 0.3) is 0 Å². The topological polar surface area (TPSA) is 20.2 Å². The summed E-state index contributed by atoms with van der Waals surface area (Å²) in [6.45, 7) is 18.0. The number of fused-ring (bicyclic) bond motifs is 1. The van der Waals surface area contributed by atoms with Gasteiger partial charge >= 0.3 is 0 Å². The first-order valence-corrected chi connectivity index (χ1v) is 7.28. The Labute approximate surface area is 118 Å². The van der Waals surface area contributed by atoms with E-state index < -0.39 is 0 Å². The first kappa shape index (κ1) is 14.4. The van der Waals surface area contributed by atoms with Crippen LogP contribution in [-0.2, 0) is 16.2 Å². The Bertz CT molecular complexity index is 515. The number of hydrogen-bond donors (Lipinski definition) is 1. The van der Waals surface area contributed by atoms with Gasteiger partial charge in [0.05, 0.1) is 0 Å². The first-order valence-electron chi connectivity index (χ1n) is 7.28. The average Bonchev–Trinajstić information content (AvgIpc) is 2.36. The molecule has 0 saturated carbocycles. The number of phenols is 1. The molecular formula is C18H28O. The molecule has 106 valence electrons. The van der Waals surface area contributed by atoms with Crippen molar-refractivity contribution in [1.82, 2.24) is 0 Å². The van der Waals surface area contributed by atoms with Crippen LogP contribution in [0.4, 0.5) is 0 Å². The van der Waals surface area contributed by atoms with E-state index in [4.69, 9.17) is 0 Å². The van der Waals surface area contributed by atoms with E-state index in [-0.39, 0.29) is 16.2 Å². The SMILES string of the molecule is CC1C(C)(C)c2cc(O)c(C(C)(C)C)cc2C1(C)C. The molecule has 0 fully saturated rings. The zero-order valence-corrected chi connectivity index (χ0v) is 13.7. The van der Waals surface area contributed by atoms with Crippen molar-refractivity contribution >= 4 is 0 Å². The molecule has 0 heterocycles. The fourth-order valence-electron chi connectivity index (χ4n) is 3.62. The molecule has 1 unspecified atom stereocenters. The fraction of sp³-hybridized carbons (Fsp3) is 0.667. The lowest BCUT2D eigenvalue weighted by Crippen LogP contribution is -2.30. The Morgan fingerprint density at radius 3 is 1.79 bits per heavy atom. The van der Waals surface area contributed by atoms with E-state index >= 15 is 0 Å². The molecule has 2 rings (SSSR count). The summed E-state index contributed by atoms with van der Waals surface area (Å²) in [6.07, 6.45) is 0. The van der Waals surface area contributed by atoms with Crippen LogP contribution in [0, 0.1) is 5.92 Å². The molecule has 0 aliphatic heterocycles.